The zero-order valence-corrected chi connectivity index (χ0v) is 15.3. The third-order valence-corrected chi connectivity index (χ3v) is 6.94. The van der Waals surface area contributed by atoms with Crippen molar-refractivity contribution < 1.29 is 22.4 Å². The Bertz CT molecular complexity index is 696. The fraction of sp³-hybridized carbons (Fsp3) is 0.812. The van der Waals surface area contributed by atoms with Crippen LogP contribution in [0, 0.1) is 5.92 Å². The van der Waals surface area contributed by atoms with E-state index in [1.165, 1.54) is 0 Å². The third-order valence-electron chi connectivity index (χ3n) is 4.94. The van der Waals surface area contributed by atoms with E-state index in [-0.39, 0.29) is 23.1 Å². The molecule has 2 fully saturated rings. The lowest BCUT2D eigenvalue weighted by atomic mass is 9.99. The maximum atomic E-state index is 12.7. The fourth-order valence-electron chi connectivity index (χ4n) is 3.57. The van der Waals surface area contributed by atoms with Gasteiger partial charge in [0.15, 0.2) is 0 Å². The van der Waals surface area contributed by atoms with Crippen LogP contribution < -0.4 is 4.90 Å². The lowest BCUT2D eigenvalue weighted by Gasteiger charge is -2.29. The van der Waals surface area contributed by atoms with Crippen LogP contribution in [0.4, 0.5) is 6.01 Å². The maximum Gasteiger partial charge on any atom is 0.337 e. The number of aromatic nitrogens is 2. The van der Waals surface area contributed by atoms with E-state index < -0.39 is 15.1 Å². The molecule has 8 nitrogen and oxygen atoms in total. The van der Waals surface area contributed by atoms with Gasteiger partial charge in [0.1, 0.15) is 0 Å². The third kappa shape index (κ3) is 3.96. The summed E-state index contributed by atoms with van der Waals surface area (Å²) < 4.78 is 35.9. The largest absolute Gasteiger partial charge is 0.466 e. The monoisotopic (exact) mass is 371 g/mol. The van der Waals surface area contributed by atoms with Gasteiger partial charge in [0.25, 0.3) is 0 Å². The van der Waals surface area contributed by atoms with Crippen LogP contribution in [-0.4, -0.2) is 49.5 Å². The molecular weight excluding hydrogens is 346 g/mol. The number of carbonyl (C=O) groups is 1. The lowest BCUT2D eigenvalue weighted by Crippen LogP contribution is -2.39. The van der Waals surface area contributed by atoms with E-state index in [1.54, 1.807) is 11.8 Å². The highest BCUT2D eigenvalue weighted by atomic mass is 32.2. The molecule has 140 valence electrons. The summed E-state index contributed by atoms with van der Waals surface area (Å²) in [6.45, 7) is 3.18. The van der Waals surface area contributed by atoms with E-state index in [2.05, 4.69) is 10.2 Å². The lowest BCUT2D eigenvalue weighted by molar-refractivity contribution is -0.148. The maximum absolute atomic E-state index is 12.7. The van der Waals surface area contributed by atoms with E-state index in [1.807, 2.05) is 0 Å². The molecular formula is C16H25N3O5S. The fourth-order valence-corrected chi connectivity index (χ4v) is 5.15. The highest BCUT2D eigenvalue weighted by Gasteiger charge is 2.35. The molecule has 1 saturated heterocycles. The van der Waals surface area contributed by atoms with E-state index in [4.69, 9.17) is 9.15 Å². The number of carbonyl (C=O) groups excluding carboxylic acids is 1. The van der Waals surface area contributed by atoms with Crippen LogP contribution in [0.15, 0.2) is 9.64 Å². The van der Waals surface area contributed by atoms with Gasteiger partial charge >= 0.3 is 17.2 Å². The standard InChI is InChI=1S/C16H25N3O5S/c1-2-23-14(20)12-7-6-10-19(11-12)15-17-18-16(24-15)25(21,22)13-8-4-3-5-9-13/h12-13H,2-11H2,1H3. The van der Waals surface area contributed by atoms with E-state index in [9.17, 15) is 13.2 Å². The first-order valence-corrected chi connectivity index (χ1v) is 10.6. The molecule has 0 amide bonds. The molecule has 2 heterocycles. The smallest absolute Gasteiger partial charge is 0.337 e. The molecule has 1 unspecified atom stereocenters. The molecule has 9 heteroatoms. The van der Waals surface area contributed by atoms with Gasteiger partial charge in [-0.3, -0.25) is 4.79 Å². The molecule has 1 aromatic heterocycles. The topological polar surface area (TPSA) is 103 Å². The minimum absolute atomic E-state index is 0.170. The zero-order valence-electron chi connectivity index (χ0n) is 14.5. The molecule has 1 atom stereocenters. The molecule has 0 radical (unpaired) electrons. The summed E-state index contributed by atoms with van der Waals surface area (Å²) in [6, 6.07) is 0.170. The number of anilines is 1. The Kier molecular flexibility index (Phi) is 5.61. The minimum atomic E-state index is -3.58. The summed E-state index contributed by atoms with van der Waals surface area (Å²) in [7, 11) is -3.58. The van der Waals surface area contributed by atoms with Gasteiger partial charge in [-0.1, -0.05) is 29.5 Å². The SMILES string of the molecule is CCOC(=O)C1CCCN(c2nnc(S(=O)(=O)C3CCCCC3)o2)C1. The van der Waals surface area contributed by atoms with Gasteiger partial charge in [-0.15, -0.1) is 0 Å². The van der Waals surface area contributed by atoms with Crippen molar-refractivity contribution in [3.8, 4) is 0 Å². The van der Waals surface area contributed by atoms with Gasteiger partial charge in [0.2, 0.25) is 9.84 Å². The number of piperidine rings is 1. The molecule has 1 aliphatic heterocycles. The Balaban J connectivity index is 1.71. The molecule has 0 N–H and O–H groups in total. The van der Waals surface area contributed by atoms with Gasteiger partial charge in [0, 0.05) is 13.1 Å². The van der Waals surface area contributed by atoms with Gasteiger partial charge in [0.05, 0.1) is 17.8 Å². The average Bonchev–Trinajstić information content (AvgIpc) is 3.14. The predicted octanol–water partition coefficient (Wildman–Crippen LogP) is 1.96. The number of ether oxygens (including phenoxy) is 1. The first-order valence-electron chi connectivity index (χ1n) is 9.01. The van der Waals surface area contributed by atoms with Crippen LogP contribution in [0.2, 0.25) is 0 Å². The Labute approximate surface area is 147 Å². The van der Waals surface area contributed by atoms with Crippen molar-refractivity contribution in [1.82, 2.24) is 10.2 Å². The summed E-state index contributed by atoms with van der Waals surface area (Å²) in [5.74, 6) is -0.485. The highest BCUT2D eigenvalue weighted by Crippen LogP contribution is 2.30. The number of sulfone groups is 1. The van der Waals surface area contributed by atoms with Crippen LogP contribution in [-0.2, 0) is 19.4 Å². The van der Waals surface area contributed by atoms with Crippen LogP contribution in [0.5, 0.6) is 0 Å². The van der Waals surface area contributed by atoms with Crippen LogP contribution in [0.3, 0.4) is 0 Å². The predicted molar refractivity (Wildman–Crippen MR) is 89.9 cm³/mol. The van der Waals surface area contributed by atoms with Crippen LogP contribution in [0.1, 0.15) is 51.9 Å². The van der Waals surface area contributed by atoms with E-state index in [0.29, 0.717) is 32.5 Å². The molecule has 0 aromatic carbocycles. The van der Waals surface area contributed by atoms with Crippen molar-refractivity contribution in [2.45, 2.75) is 62.3 Å². The number of hydrogen-bond acceptors (Lipinski definition) is 8. The van der Waals surface area contributed by atoms with Gasteiger partial charge in [-0.05, 0) is 32.6 Å². The summed E-state index contributed by atoms with van der Waals surface area (Å²) in [5.41, 5.74) is 0. The summed E-state index contributed by atoms with van der Waals surface area (Å²) in [6.07, 6.45) is 5.73. The summed E-state index contributed by atoms with van der Waals surface area (Å²) >= 11 is 0. The second kappa shape index (κ2) is 7.72. The molecule has 3 rings (SSSR count). The van der Waals surface area contributed by atoms with E-state index >= 15 is 0 Å². The van der Waals surface area contributed by atoms with E-state index in [0.717, 1.165) is 32.1 Å². The molecule has 0 bridgehead atoms. The normalized spacial score (nSPS) is 22.8. The number of nitrogens with zero attached hydrogens (tertiary/aromatic N) is 3. The number of rotatable bonds is 5. The van der Waals surface area contributed by atoms with Crippen molar-refractivity contribution in [3.63, 3.8) is 0 Å². The average molecular weight is 371 g/mol. The Morgan fingerprint density at radius 1 is 1.20 bits per heavy atom. The molecule has 1 saturated carbocycles. The second-order valence-electron chi connectivity index (χ2n) is 6.69. The minimum Gasteiger partial charge on any atom is -0.466 e. The van der Waals surface area contributed by atoms with Crippen molar-refractivity contribution >= 4 is 21.8 Å². The highest BCUT2D eigenvalue weighted by molar-refractivity contribution is 7.91. The quantitative estimate of drug-likeness (QED) is 0.724. The first kappa shape index (κ1) is 18.2. The Morgan fingerprint density at radius 2 is 1.96 bits per heavy atom. The molecule has 0 spiro atoms. The Morgan fingerprint density at radius 3 is 2.68 bits per heavy atom. The van der Waals surface area contributed by atoms with Crippen LogP contribution >= 0.6 is 0 Å². The number of esters is 1. The molecule has 25 heavy (non-hydrogen) atoms. The second-order valence-corrected chi connectivity index (χ2v) is 8.80. The summed E-state index contributed by atoms with van der Waals surface area (Å²) in [5, 5.41) is 6.97. The zero-order chi connectivity index (χ0) is 17.9. The van der Waals surface area contributed by atoms with Crippen molar-refractivity contribution in [2.75, 3.05) is 24.6 Å². The number of hydrogen-bond donors (Lipinski definition) is 0. The van der Waals surface area contributed by atoms with Gasteiger partial charge in [-0.2, -0.15) is 0 Å². The summed E-state index contributed by atoms with van der Waals surface area (Å²) in [4.78, 5) is 13.7. The molecule has 2 aliphatic rings. The van der Waals surface area contributed by atoms with Gasteiger partial charge in [-0.25, -0.2) is 8.42 Å². The Hall–Kier alpha value is -1.64. The van der Waals surface area contributed by atoms with Gasteiger partial charge < -0.3 is 14.1 Å². The van der Waals surface area contributed by atoms with Crippen LogP contribution in [0.25, 0.3) is 0 Å². The van der Waals surface area contributed by atoms with Crippen molar-refractivity contribution in [3.05, 3.63) is 0 Å². The first-order chi connectivity index (χ1) is 12.0. The van der Waals surface area contributed by atoms with Crippen molar-refractivity contribution in [1.29, 1.82) is 0 Å². The molecule has 1 aromatic rings. The molecule has 1 aliphatic carbocycles. The van der Waals surface area contributed by atoms with Crippen molar-refractivity contribution in [2.24, 2.45) is 5.92 Å².